The first kappa shape index (κ1) is 20.9. The van der Waals surface area contributed by atoms with Crippen molar-refractivity contribution in [3.05, 3.63) is 12.2 Å². The van der Waals surface area contributed by atoms with Crippen molar-refractivity contribution in [1.82, 2.24) is 9.80 Å². The van der Waals surface area contributed by atoms with Gasteiger partial charge in [-0.25, -0.2) is 0 Å². The maximum absolute atomic E-state index is 4.34. The third-order valence-electron chi connectivity index (χ3n) is 4.42. The van der Waals surface area contributed by atoms with Crippen LogP contribution in [-0.4, -0.2) is 51.9 Å². The van der Waals surface area contributed by atoms with Crippen LogP contribution in [0.1, 0.15) is 66.7 Å². The zero-order valence-electron chi connectivity index (χ0n) is 15.7. The standard InChI is InChI=1S/C18H40N2Si/c1-7-11-19(12-8-2)18(6,15-17(5)16-21)20(13-9-3)14-10-4/h5,7-16H2,1-4,6,21H3. The van der Waals surface area contributed by atoms with E-state index in [1.165, 1.54) is 73.7 Å². The molecule has 0 aliphatic heterocycles. The Morgan fingerprint density at radius 3 is 1.43 bits per heavy atom. The van der Waals surface area contributed by atoms with Crippen molar-refractivity contribution in [2.24, 2.45) is 0 Å². The highest BCUT2D eigenvalue weighted by Crippen LogP contribution is 2.30. The molecule has 0 aromatic rings. The Hall–Kier alpha value is -0.123. The molecule has 0 aromatic carbocycles. The van der Waals surface area contributed by atoms with Gasteiger partial charge in [0.15, 0.2) is 0 Å². The molecule has 0 fully saturated rings. The first-order valence-electron chi connectivity index (χ1n) is 9.16. The second-order valence-electron chi connectivity index (χ2n) is 6.47. The smallest absolute Gasteiger partial charge is 0.0746 e. The van der Waals surface area contributed by atoms with E-state index in [1.807, 2.05) is 0 Å². The van der Waals surface area contributed by atoms with Crippen LogP contribution in [0.5, 0.6) is 0 Å². The van der Waals surface area contributed by atoms with Crippen LogP contribution >= 0.6 is 0 Å². The topological polar surface area (TPSA) is 6.48 Å². The minimum atomic E-state index is 0.152. The summed E-state index contributed by atoms with van der Waals surface area (Å²) in [5, 5.41) is 0. The van der Waals surface area contributed by atoms with Crippen LogP contribution in [0, 0.1) is 0 Å². The van der Waals surface area contributed by atoms with Crippen LogP contribution in [-0.2, 0) is 0 Å². The molecule has 0 radical (unpaired) electrons. The van der Waals surface area contributed by atoms with Gasteiger partial charge in [0.05, 0.1) is 5.66 Å². The molecule has 21 heavy (non-hydrogen) atoms. The van der Waals surface area contributed by atoms with Crippen LogP contribution in [0.2, 0.25) is 6.04 Å². The molecule has 0 bridgehead atoms. The van der Waals surface area contributed by atoms with Gasteiger partial charge in [0.25, 0.3) is 0 Å². The van der Waals surface area contributed by atoms with E-state index in [-0.39, 0.29) is 5.66 Å². The Morgan fingerprint density at radius 1 is 0.857 bits per heavy atom. The van der Waals surface area contributed by atoms with Gasteiger partial charge in [0.1, 0.15) is 0 Å². The zero-order chi connectivity index (χ0) is 16.3. The van der Waals surface area contributed by atoms with Crippen LogP contribution in [0.3, 0.4) is 0 Å². The quantitative estimate of drug-likeness (QED) is 0.291. The molecule has 0 spiro atoms. The summed E-state index contributed by atoms with van der Waals surface area (Å²) in [6.07, 6.45) is 6.06. The fraction of sp³-hybridized carbons (Fsp3) is 0.889. The molecule has 0 unspecified atom stereocenters. The Bertz CT molecular complexity index is 250. The summed E-state index contributed by atoms with van der Waals surface area (Å²) in [4.78, 5) is 5.45. The fourth-order valence-corrected chi connectivity index (χ4v) is 3.54. The maximum atomic E-state index is 4.34. The number of hydrogen-bond acceptors (Lipinski definition) is 2. The molecule has 0 rings (SSSR count). The number of nitrogens with zero attached hydrogens (tertiary/aromatic N) is 2. The lowest BCUT2D eigenvalue weighted by atomic mass is 9.97. The average molecular weight is 313 g/mol. The molecular formula is C18H40N2Si. The molecule has 0 saturated carbocycles. The second-order valence-corrected chi connectivity index (χ2v) is 7.18. The molecule has 0 aliphatic carbocycles. The molecule has 0 N–H and O–H groups in total. The molecule has 126 valence electrons. The SMILES string of the molecule is C=C(C[SiH3])CC(C)(N(CCC)CCC)N(CCC)CCC. The highest BCUT2D eigenvalue weighted by atomic mass is 28.1. The lowest BCUT2D eigenvalue weighted by molar-refractivity contribution is -0.0471. The van der Waals surface area contributed by atoms with Crippen molar-refractivity contribution < 1.29 is 0 Å². The fourth-order valence-electron chi connectivity index (χ4n) is 3.29. The Morgan fingerprint density at radius 2 is 1.19 bits per heavy atom. The van der Waals surface area contributed by atoms with Crippen LogP contribution < -0.4 is 0 Å². The van der Waals surface area contributed by atoms with Gasteiger partial charge in [-0.2, -0.15) is 0 Å². The van der Waals surface area contributed by atoms with Crippen molar-refractivity contribution >= 4 is 10.2 Å². The van der Waals surface area contributed by atoms with Gasteiger partial charge in [-0.1, -0.05) is 33.3 Å². The molecule has 3 heteroatoms. The van der Waals surface area contributed by atoms with E-state index >= 15 is 0 Å². The van der Waals surface area contributed by atoms with Gasteiger partial charge < -0.3 is 0 Å². The minimum Gasteiger partial charge on any atom is -0.285 e. The van der Waals surface area contributed by atoms with Crippen molar-refractivity contribution in [3.63, 3.8) is 0 Å². The molecule has 0 saturated heterocycles. The number of hydrogen-bond donors (Lipinski definition) is 0. The van der Waals surface area contributed by atoms with Crippen LogP contribution in [0.15, 0.2) is 12.2 Å². The molecule has 0 atom stereocenters. The van der Waals surface area contributed by atoms with Gasteiger partial charge in [0.2, 0.25) is 0 Å². The van der Waals surface area contributed by atoms with Gasteiger partial charge in [-0.05, 0) is 71.3 Å². The molecule has 0 aliphatic rings. The highest BCUT2D eigenvalue weighted by molar-refractivity contribution is 6.10. The van der Waals surface area contributed by atoms with Crippen molar-refractivity contribution in [1.29, 1.82) is 0 Å². The predicted octanol–water partition coefficient (Wildman–Crippen LogP) is 3.68. The first-order valence-corrected chi connectivity index (χ1v) is 10.6. The summed E-state index contributed by atoms with van der Waals surface area (Å²) in [5.74, 6) is 0. The van der Waals surface area contributed by atoms with E-state index in [9.17, 15) is 0 Å². The van der Waals surface area contributed by atoms with Gasteiger partial charge in [0, 0.05) is 10.2 Å². The summed E-state index contributed by atoms with van der Waals surface area (Å²) in [6, 6.07) is 1.23. The summed E-state index contributed by atoms with van der Waals surface area (Å²) in [7, 11) is 1.23. The normalized spacial score (nSPS) is 12.5. The van der Waals surface area contributed by atoms with E-state index in [4.69, 9.17) is 0 Å². The molecule has 0 aromatic heterocycles. The largest absolute Gasteiger partial charge is 0.285 e. The highest BCUT2D eigenvalue weighted by Gasteiger charge is 2.36. The molecule has 0 heterocycles. The van der Waals surface area contributed by atoms with Crippen LogP contribution in [0.25, 0.3) is 0 Å². The van der Waals surface area contributed by atoms with Crippen LogP contribution in [0.4, 0.5) is 0 Å². The first-order chi connectivity index (χ1) is 9.99. The van der Waals surface area contributed by atoms with Gasteiger partial charge in [-0.3, -0.25) is 9.80 Å². The monoisotopic (exact) mass is 312 g/mol. The number of rotatable bonds is 13. The Kier molecular flexibility index (Phi) is 11.4. The van der Waals surface area contributed by atoms with E-state index < -0.39 is 0 Å². The van der Waals surface area contributed by atoms with E-state index in [0.29, 0.717) is 0 Å². The third-order valence-corrected chi connectivity index (χ3v) is 5.42. The minimum absolute atomic E-state index is 0.152. The zero-order valence-corrected chi connectivity index (χ0v) is 17.7. The molecule has 2 nitrogen and oxygen atoms in total. The summed E-state index contributed by atoms with van der Waals surface area (Å²) in [5.41, 5.74) is 1.60. The maximum Gasteiger partial charge on any atom is 0.0746 e. The summed E-state index contributed by atoms with van der Waals surface area (Å²) < 4.78 is 0. The van der Waals surface area contributed by atoms with Gasteiger partial charge >= 0.3 is 0 Å². The predicted molar refractivity (Wildman–Crippen MR) is 101 cm³/mol. The average Bonchev–Trinajstić information content (AvgIpc) is 2.46. The Balaban J connectivity index is 5.39. The lowest BCUT2D eigenvalue weighted by Gasteiger charge is -2.50. The van der Waals surface area contributed by atoms with E-state index in [1.54, 1.807) is 0 Å². The molecule has 0 amide bonds. The van der Waals surface area contributed by atoms with Crippen molar-refractivity contribution in [2.45, 2.75) is 78.4 Å². The third kappa shape index (κ3) is 6.66. The Labute approximate surface area is 137 Å². The van der Waals surface area contributed by atoms with Crippen molar-refractivity contribution in [2.75, 3.05) is 26.2 Å². The van der Waals surface area contributed by atoms with E-state index in [2.05, 4.69) is 51.0 Å². The van der Waals surface area contributed by atoms with Gasteiger partial charge in [-0.15, -0.1) is 6.58 Å². The molecular weight excluding hydrogens is 272 g/mol. The van der Waals surface area contributed by atoms with Crippen molar-refractivity contribution in [3.8, 4) is 0 Å². The lowest BCUT2D eigenvalue weighted by Crippen LogP contribution is -2.59. The second kappa shape index (κ2) is 11.4. The summed E-state index contributed by atoms with van der Waals surface area (Å²) >= 11 is 0. The van der Waals surface area contributed by atoms with E-state index in [0.717, 1.165) is 6.42 Å². The summed E-state index contributed by atoms with van der Waals surface area (Å²) in [6.45, 7) is 20.8.